The van der Waals surface area contributed by atoms with Crippen molar-refractivity contribution < 1.29 is 9.59 Å². The van der Waals surface area contributed by atoms with Gasteiger partial charge in [0.1, 0.15) is 11.3 Å². The highest BCUT2D eigenvalue weighted by Crippen LogP contribution is 2.16. The Morgan fingerprint density at radius 2 is 1.72 bits per heavy atom. The molecule has 0 saturated heterocycles. The number of pyridine rings is 1. The number of benzene rings is 1. The second kappa shape index (κ2) is 8.39. The first-order chi connectivity index (χ1) is 14.2. The third kappa shape index (κ3) is 4.16. The minimum Gasteiger partial charge on any atom is -0.351 e. The summed E-state index contributed by atoms with van der Waals surface area (Å²) in [5.74, 6) is -0.452. The third-order valence-corrected chi connectivity index (χ3v) is 4.47. The van der Waals surface area contributed by atoms with Crippen LogP contribution in [0, 0.1) is 0 Å². The van der Waals surface area contributed by atoms with Crippen molar-refractivity contribution in [2.45, 2.75) is 6.42 Å². The molecule has 0 bridgehead atoms. The number of amides is 2. The van der Waals surface area contributed by atoms with Crippen LogP contribution in [0.5, 0.6) is 0 Å². The Bertz CT molecular complexity index is 1130. The van der Waals surface area contributed by atoms with E-state index in [0.717, 1.165) is 16.9 Å². The average Bonchev–Trinajstić information content (AvgIpc) is 3.41. The van der Waals surface area contributed by atoms with E-state index in [-0.39, 0.29) is 11.8 Å². The number of hydrogen-bond acceptors (Lipinski definition) is 4. The van der Waals surface area contributed by atoms with Gasteiger partial charge in [0.05, 0.1) is 11.9 Å². The summed E-state index contributed by atoms with van der Waals surface area (Å²) in [5.41, 5.74) is 3.29. The maximum Gasteiger partial charge on any atom is 0.271 e. The molecule has 146 valence electrons. The molecule has 0 atom stereocenters. The highest BCUT2D eigenvalue weighted by atomic mass is 16.2. The van der Waals surface area contributed by atoms with Crippen LogP contribution in [0.1, 0.15) is 27.4 Å². The van der Waals surface area contributed by atoms with E-state index in [1.165, 1.54) is 0 Å². The number of carbonyl (C=O) groups is 2. The van der Waals surface area contributed by atoms with Crippen molar-refractivity contribution in [3.63, 3.8) is 0 Å². The van der Waals surface area contributed by atoms with Crippen LogP contribution in [0.2, 0.25) is 0 Å². The average molecular weight is 388 g/mol. The summed E-state index contributed by atoms with van der Waals surface area (Å²) in [6.45, 7) is 0.870. The van der Waals surface area contributed by atoms with E-state index in [0.29, 0.717) is 30.9 Å². The van der Waals surface area contributed by atoms with Crippen LogP contribution in [0.4, 0.5) is 0 Å². The van der Waals surface area contributed by atoms with Crippen LogP contribution in [0.15, 0.2) is 67.0 Å². The molecule has 29 heavy (non-hydrogen) atoms. The second-order valence-corrected chi connectivity index (χ2v) is 6.47. The monoisotopic (exact) mass is 388 g/mol. The molecule has 8 heteroatoms. The molecule has 3 heterocycles. The number of aromatic amines is 1. The Morgan fingerprint density at radius 1 is 0.966 bits per heavy atom. The molecule has 4 rings (SSSR count). The fourth-order valence-corrected chi connectivity index (χ4v) is 2.98. The minimum atomic E-state index is -0.253. The fourth-order valence-electron chi connectivity index (χ4n) is 2.98. The highest BCUT2D eigenvalue weighted by molar-refractivity contribution is 5.94. The molecule has 0 spiro atoms. The van der Waals surface area contributed by atoms with Crippen LogP contribution in [-0.4, -0.2) is 44.5 Å². The number of carbonyl (C=O) groups excluding carboxylic acids is 2. The molecule has 0 aliphatic rings. The van der Waals surface area contributed by atoms with Gasteiger partial charge < -0.3 is 10.6 Å². The van der Waals surface area contributed by atoms with E-state index in [1.54, 1.807) is 22.9 Å². The van der Waals surface area contributed by atoms with Gasteiger partial charge in [0.2, 0.25) is 0 Å². The van der Waals surface area contributed by atoms with Crippen molar-refractivity contribution in [2.75, 3.05) is 13.1 Å². The second-order valence-electron chi connectivity index (χ2n) is 6.47. The van der Waals surface area contributed by atoms with E-state index >= 15 is 0 Å². The van der Waals surface area contributed by atoms with Crippen molar-refractivity contribution in [2.24, 2.45) is 0 Å². The molecule has 3 N–H and O–H groups in total. The van der Waals surface area contributed by atoms with Crippen molar-refractivity contribution >= 4 is 17.5 Å². The molecule has 3 aromatic heterocycles. The van der Waals surface area contributed by atoms with Gasteiger partial charge in [-0.1, -0.05) is 36.4 Å². The van der Waals surface area contributed by atoms with Gasteiger partial charge in [-0.25, -0.2) is 4.98 Å². The first-order valence-corrected chi connectivity index (χ1v) is 9.32. The number of aromatic nitrogens is 4. The van der Waals surface area contributed by atoms with Crippen LogP contribution in [-0.2, 0) is 0 Å². The molecule has 0 radical (unpaired) electrons. The van der Waals surface area contributed by atoms with Gasteiger partial charge in [0, 0.05) is 19.3 Å². The first-order valence-electron chi connectivity index (χ1n) is 9.32. The minimum absolute atomic E-state index is 0.199. The van der Waals surface area contributed by atoms with Crippen molar-refractivity contribution in [3.05, 3.63) is 78.4 Å². The van der Waals surface area contributed by atoms with Gasteiger partial charge in [0.25, 0.3) is 11.8 Å². The zero-order valence-corrected chi connectivity index (χ0v) is 15.6. The number of nitrogens with one attached hydrogen (secondary N) is 3. The van der Waals surface area contributed by atoms with E-state index in [1.807, 2.05) is 48.5 Å². The summed E-state index contributed by atoms with van der Waals surface area (Å²) in [7, 11) is 0. The van der Waals surface area contributed by atoms with Crippen molar-refractivity contribution in [1.82, 2.24) is 30.2 Å². The lowest BCUT2D eigenvalue weighted by atomic mass is 10.1. The normalized spacial score (nSPS) is 10.8. The largest absolute Gasteiger partial charge is 0.351 e. The van der Waals surface area contributed by atoms with E-state index in [9.17, 15) is 9.59 Å². The lowest BCUT2D eigenvalue weighted by molar-refractivity contribution is 0.0946. The van der Waals surface area contributed by atoms with Crippen LogP contribution in [0.25, 0.3) is 16.9 Å². The number of H-pyrrole nitrogens is 1. The quantitative estimate of drug-likeness (QED) is 0.423. The van der Waals surface area contributed by atoms with Gasteiger partial charge in [-0.3, -0.25) is 19.1 Å². The van der Waals surface area contributed by atoms with Gasteiger partial charge >= 0.3 is 0 Å². The predicted octanol–water partition coefficient (Wildman–Crippen LogP) is 2.27. The highest BCUT2D eigenvalue weighted by Gasteiger charge is 2.12. The number of fused-ring (bicyclic) bond motifs is 1. The Balaban J connectivity index is 1.23. The molecule has 4 aromatic rings. The van der Waals surface area contributed by atoms with Gasteiger partial charge in [-0.15, -0.1) is 0 Å². The van der Waals surface area contributed by atoms with Gasteiger partial charge in [-0.2, -0.15) is 5.10 Å². The van der Waals surface area contributed by atoms with Gasteiger partial charge in [0.15, 0.2) is 5.69 Å². The fraction of sp³-hybridized carbons (Fsp3) is 0.143. The summed E-state index contributed by atoms with van der Waals surface area (Å²) in [6, 6.07) is 17.0. The number of imidazole rings is 1. The zero-order valence-electron chi connectivity index (χ0n) is 15.6. The molecule has 0 aliphatic carbocycles. The SMILES string of the molecule is O=C(NCCCNC(=O)c1cnc2ccccn12)c1cc(-c2ccccc2)[nH]n1. The molecule has 0 unspecified atom stereocenters. The Kier molecular flexibility index (Phi) is 5.33. The first kappa shape index (κ1) is 18.4. The number of nitrogens with zero attached hydrogens (tertiary/aromatic N) is 3. The van der Waals surface area contributed by atoms with E-state index < -0.39 is 0 Å². The summed E-state index contributed by atoms with van der Waals surface area (Å²) in [6.07, 6.45) is 3.95. The van der Waals surface area contributed by atoms with Crippen LogP contribution >= 0.6 is 0 Å². The predicted molar refractivity (Wildman–Crippen MR) is 108 cm³/mol. The standard InChI is InChI=1S/C21H20N6O2/c28-20(17-13-16(25-26-17)15-7-2-1-3-8-15)22-10-6-11-23-21(29)18-14-24-19-9-4-5-12-27(18)19/h1-5,7-9,12-14H,6,10-11H2,(H,22,28)(H,23,29)(H,25,26). The zero-order chi connectivity index (χ0) is 20.1. The van der Waals surface area contributed by atoms with E-state index in [4.69, 9.17) is 0 Å². The topological polar surface area (TPSA) is 104 Å². The summed E-state index contributed by atoms with van der Waals surface area (Å²) in [4.78, 5) is 28.7. The summed E-state index contributed by atoms with van der Waals surface area (Å²) < 4.78 is 1.74. The molecular formula is C21H20N6O2. The molecule has 0 aliphatic heterocycles. The lowest BCUT2D eigenvalue weighted by Gasteiger charge is -2.06. The molecule has 8 nitrogen and oxygen atoms in total. The number of hydrogen-bond donors (Lipinski definition) is 3. The van der Waals surface area contributed by atoms with Crippen LogP contribution < -0.4 is 10.6 Å². The van der Waals surface area contributed by atoms with Crippen LogP contribution in [0.3, 0.4) is 0 Å². The number of rotatable bonds is 7. The Hall–Kier alpha value is -3.94. The molecule has 1 aromatic carbocycles. The molecule has 2 amide bonds. The Labute approximate surface area is 167 Å². The molecule has 0 saturated carbocycles. The molecule has 0 fully saturated rings. The summed E-state index contributed by atoms with van der Waals surface area (Å²) >= 11 is 0. The summed E-state index contributed by atoms with van der Waals surface area (Å²) in [5, 5.41) is 12.6. The van der Waals surface area contributed by atoms with Gasteiger partial charge in [-0.05, 0) is 30.2 Å². The smallest absolute Gasteiger partial charge is 0.271 e. The lowest BCUT2D eigenvalue weighted by Crippen LogP contribution is -2.30. The van der Waals surface area contributed by atoms with Crippen molar-refractivity contribution in [3.8, 4) is 11.3 Å². The van der Waals surface area contributed by atoms with E-state index in [2.05, 4.69) is 25.8 Å². The maximum atomic E-state index is 12.3. The Morgan fingerprint density at radius 3 is 2.55 bits per heavy atom. The maximum absolute atomic E-state index is 12.3. The third-order valence-electron chi connectivity index (χ3n) is 4.47. The molecular weight excluding hydrogens is 368 g/mol. The van der Waals surface area contributed by atoms with Crippen molar-refractivity contribution in [1.29, 1.82) is 0 Å².